The lowest BCUT2D eigenvalue weighted by Crippen LogP contribution is -2.34. The average Bonchev–Trinajstić information content (AvgIpc) is 3.50. The van der Waals surface area contributed by atoms with Crippen LogP contribution in [0.15, 0.2) is 36.5 Å². The minimum atomic E-state index is -0.682. The van der Waals surface area contributed by atoms with Gasteiger partial charge in [-0.2, -0.15) is 0 Å². The van der Waals surface area contributed by atoms with Crippen molar-refractivity contribution in [3.8, 4) is 23.6 Å². The first-order valence-corrected chi connectivity index (χ1v) is 10.6. The number of nitrogens with zero attached hydrogens (tertiary/aromatic N) is 5. The molecule has 1 atom stereocenters. The number of nitrogens with one attached hydrogen (secondary N) is 2. The van der Waals surface area contributed by atoms with Crippen LogP contribution in [0.25, 0.3) is 11.3 Å². The van der Waals surface area contributed by atoms with Crippen LogP contribution in [0.2, 0.25) is 0 Å². The Kier molecular flexibility index (Phi) is 6.35. The van der Waals surface area contributed by atoms with Gasteiger partial charge in [0.25, 0.3) is 0 Å². The van der Waals surface area contributed by atoms with E-state index in [1.165, 1.54) is 12.8 Å². The summed E-state index contributed by atoms with van der Waals surface area (Å²) in [5, 5.41) is 23.1. The third kappa shape index (κ3) is 4.96. The molecule has 3 N–H and O–H groups in total. The van der Waals surface area contributed by atoms with Gasteiger partial charge in [-0.1, -0.05) is 17.4 Å². The molecule has 1 fully saturated rings. The topological polar surface area (TPSA) is 116 Å². The highest BCUT2D eigenvalue weighted by molar-refractivity contribution is 7.15. The molecule has 3 aromatic rings. The molecule has 2 amide bonds. The number of hydrogen-bond donors (Lipinski definition) is 3. The van der Waals surface area contributed by atoms with Crippen molar-refractivity contribution >= 4 is 28.3 Å². The Balaban J connectivity index is 1.43. The van der Waals surface area contributed by atoms with Crippen LogP contribution < -0.4 is 15.5 Å². The fraction of sp³-hybridized carbons (Fsp3) is 0.286. The molecule has 4 rings (SSSR count). The molecule has 9 nitrogen and oxygen atoms in total. The summed E-state index contributed by atoms with van der Waals surface area (Å²) in [5.74, 6) is 3.32. The second-order valence-corrected chi connectivity index (χ2v) is 7.91. The summed E-state index contributed by atoms with van der Waals surface area (Å²) in [6.07, 6.45) is 9.32. The van der Waals surface area contributed by atoms with Crippen LogP contribution in [-0.2, 0) is 0 Å². The van der Waals surface area contributed by atoms with Crippen molar-refractivity contribution in [1.82, 2.24) is 25.5 Å². The summed E-state index contributed by atoms with van der Waals surface area (Å²) < 4.78 is 0. The summed E-state index contributed by atoms with van der Waals surface area (Å²) in [6, 6.07) is 8.38. The predicted octanol–water partition coefficient (Wildman–Crippen LogP) is 2.43. The molecule has 0 bridgehead atoms. The van der Waals surface area contributed by atoms with Gasteiger partial charge in [0.2, 0.25) is 5.13 Å². The fourth-order valence-electron chi connectivity index (χ4n) is 3.31. The Bertz CT molecular complexity index is 1090. The van der Waals surface area contributed by atoms with Gasteiger partial charge in [0.05, 0.1) is 24.0 Å². The molecule has 1 saturated heterocycles. The van der Waals surface area contributed by atoms with Gasteiger partial charge in [-0.05, 0) is 43.0 Å². The first kappa shape index (κ1) is 20.7. The van der Waals surface area contributed by atoms with Gasteiger partial charge in [-0.3, -0.25) is 10.3 Å². The maximum atomic E-state index is 12.2. The summed E-state index contributed by atoms with van der Waals surface area (Å²) in [6.45, 7) is 1.75. The molecule has 0 aromatic carbocycles. The lowest BCUT2D eigenvalue weighted by Gasteiger charge is -2.17. The van der Waals surface area contributed by atoms with E-state index in [0.29, 0.717) is 10.7 Å². The van der Waals surface area contributed by atoms with Crippen LogP contribution in [0.3, 0.4) is 0 Å². The Labute approximate surface area is 183 Å². The van der Waals surface area contributed by atoms with E-state index in [1.54, 1.807) is 12.3 Å². The van der Waals surface area contributed by atoms with Gasteiger partial charge < -0.3 is 15.3 Å². The highest BCUT2D eigenvalue weighted by Crippen LogP contribution is 2.23. The van der Waals surface area contributed by atoms with Crippen LogP contribution in [0.1, 0.15) is 29.6 Å². The van der Waals surface area contributed by atoms with E-state index in [1.807, 2.05) is 24.3 Å². The number of anilines is 2. The quantitative estimate of drug-likeness (QED) is 0.509. The number of terminal acetylenes is 1. The number of hydrogen-bond acceptors (Lipinski definition) is 8. The molecule has 10 heteroatoms. The average molecular weight is 436 g/mol. The summed E-state index contributed by atoms with van der Waals surface area (Å²) in [5.41, 5.74) is 2.22. The molecule has 3 aromatic heterocycles. The lowest BCUT2D eigenvalue weighted by atomic mass is 10.1. The number of amides is 2. The van der Waals surface area contributed by atoms with Crippen LogP contribution in [0.4, 0.5) is 15.7 Å². The molecule has 0 spiro atoms. The zero-order valence-corrected chi connectivity index (χ0v) is 17.5. The van der Waals surface area contributed by atoms with Crippen molar-refractivity contribution in [3.63, 3.8) is 0 Å². The van der Waals surface area contributed by atoms with E-state index in [-0.39, 0.29) is 11.7 Å². The molecule has 31 heavy (non-hydrogen) atoms. The van der Waals surface area contributed by atoms with Crippen LogP contribution in [0.5, 0.6) is 0 Å². The molecule has 0 saturated carbocycles. The standard InChI is InChI=1S/C21H21N7O2S/c1-2-19-26-27-21(31-19)25-20(30)24-17(13-29)16-9-8-14(12-22-16)15-6-5-7-18(23-15)28-10-3-4-11-28/h1,5-9,12,17,29H,3-4,10-11,13H2,(H2,24,25,27,30)/t17-/m0/s1. The normalized spacial score (nSPS) is 14.1. The van der Waals surface area contributed by atoms with E-state index in [4.69, 9.17) is 11.4 Å². The van der Waals surface area contributed by atoms with Crippen molar-refractivity contribution < 1.29 is 9.90 Å². The molecule has 4 heterocycles. The van der Waals surface area contributed by atoms with E-state index in [0.717, 1.165) is 41.5 Å². The van der Waals surface area contributed by atoms with Gasteiger partial charge in [0, 0.05) is 24.8 Å². The fourth-order valence-corrected chi connectivity index (χ4v) is 3.86. The molecular weight excluding hydrogens is 414 g/mol. The smallest absolute Gasteiger partial charge is 0.321 e. The predicted molar refractivity (Wildman–Crippen MR) is 119 cm³/mol. The number of aromatic nitrogens is 4. The van der Waals surface area contributed by atoms with E-state index < -0.39 is 12.1 Å². The van der Waals surface area contributed by atoms with Gasteiger partial charge in [0.15, 0.2) is 5.01 Å². The first-order chi connectivity index (χ1) is 15.2. The van der Waals surface area contributed by atoms with E-state index in [2.05, 4.69) is 36.6 Å². The Morgan fingerprint density at radius 3 is 2.77 bits per heavy atom. The van der Waals surface area contributed by atoms with Gasteiger partial charge in [-0.25, -0.2) is 9.78 Å². The van der Waals surface area contributed by atoms with Crippen molar-refractivity contribution in [3.05, 3.63) is 47.2 Å². The third-order valence-corrected chi connectivity index (χ3v) is 5.63. The Morgan fingerprint density at radius 1 is 1.26 bits per heavy atom. The third-order valence-electron chi connectivity index (χ3n) is 4.86. The molecule has 0 aliphatic carbocycles. The van der Waals surface area contributed by atoms with Crippen molar-refractivity contribution in [2.45, 2.75) is 18.9 Å². The Hall–Kier alpha value is -3.55. The van der Waals surface area contributed by atoms with Crippen LogP contribution in [-0.4, -0.2) is 51.0 Å². The van der Waals surface area contributed by atoms with Gasteiger partial charge >= 0.3 is 6.03 Å². The lowest BCUT2D eigenvalue weighted by molar-refractivity contribution is 0.224. The summed E-state index contributed by atoms with van der Waals surface area (Å²) in [4.78, 5) is 23.7. The first-order valence-electron chi connectivity index (χ1n) is 9.83. The number of pyridine rings is 2. The minimum Gasteiger partial charge on any atom is -0.394 e. The maximum absolute atomic E-state index is 12.2. The van der Waals surface area contributed by atoms with E-state index in [9.17, 15) is 9.90 Å². The SMILES string of the molecule is C#Cc1nnc(NC(=O)N[C@@H](CO)c2ccc(-c3cccc(N4CCCC4)n3)cn2)s1. The molecule has 0 radical (unpaired) electrons. The second-order valence-electron chi connectivity index (χ2n) is 6.94. The zero-order chi connectivity index (χ0) is 21.6. The van der Waals surface area contributed by atoms with Gasteiger partial charge in [-0.15, -0.1) is 16.6 Å². The summed E-state index contributed by atoms with van der Waals surface area (Å²) >= 11 is 1.08. The molecular formula is C21H21N7O2S. The minimum absolute atomic E-state index is 0.273. The Morgan fingerprint density at radius 2 is 2.10 bits per heavy atom. The summed E-state index contributed by atoms with van der Waals surface area (Å²) in [7, 11) is 0. The highest BCUT2D eigenvalue weighted by atomic mass is 32.1. The highest BCUT2D eigenvalue weighted by Gasteiger charge is 2.17. The number of aliphatic hydroxyl groups excluding tert-OH is 1. The molecule has 158 valence electrons. The number of carbonyl (C=O) groups excluding carboxylic acids is 1. The molecule has 0 unspecified atom stereocenters. The van der Waals surface area contributed by atoms with E-state index >= 15 is 0 Å². The van der Waals surface area contributed by atoms with Crippen LogP contribution >= 0.6 is 11.3 Å². The number of carbonyl (C=O) groups is 1. The molecule has 1 aliphatic heterocycles. The van der Waals surface area contributed by atoms with Crippen molar-refractivity contribution in [2.75, 3.05) is 29.9 Å². The molecule has 1 aliphatic rings. The monoisotopic (exact) mass is 435 g/mol. The number of urea groups is 1. The maximum Gasteiger partial charge on any atom is 0.321 e. The largest absolute Gasteiger partial charge is 0.394 e. The van der Waals surface area contributed by atoms with Crippen molar-refractivity contribution in [1.29, 1.82) is 0 Å². The second kappa shape index (κ2) is 9.51. The van der Waals surface area contributed by atoms with Gasteiger partial charge in [0.1, 0.15) is 5.82 Å². The number of aliphatic hydroxyl groups is 1. The zero-order valence-electron chi connectivity index (χ0n) is 16.7. The van der Waals surface area contributed by atoms with Crippen LogP contribution in [0, 0.1) is 12.3 Å². The van der Waals surface area contributed by atoms with Crippen molar-refractivity contribution in [2.24, 2.45) is 0 Å². The number of rotatable bonds is 6.